The van der Waals surface area contributed by atoms with E-state index in [1.54, 1.807) is 23.1 Å². The molecule has 7 fully saturated rings. The first-order chi connectivity index (χ1) is 33.7. The van der Waals surface area contributed by atoms with Gasteiger partial charge in [-0.15, -0.1) is 5.92 Å². The van der Waals surface area contributed by atoms with Gasteiger partial charge in [0, 0.05) is 58.7 Å². The molecule has 1 aromatic rings. The first-order valence-electron chi connectivity index (χ1n) is 26.7. The lowest BCUT2D eigenvalue weighted by Crippen LogP contribution is -2.79. The molecule has 2 saturated heterocycles. The number of rotatable bonds is 5. The van der Waals surface area contributed by atoms with Crippen LogP contribution < -0.4 is 4.90 Å². The summed E-state index contributed by atoms with van der Waals surface area (Å²) in [5, 5.41) is 113. The van der Waals surface area contributed by atoms with Crippen LogP contribution in [0, 0.1) is 86.3 Å². The number of epoxide rings is 1. The molecule has 15 heteroatoms. The Kier molecular flexibility index (Phi) is 11.3. The van der Waals surface area contributed by atoms with Gasteiger partial charge in [-0.1, -0.05) is 73.8 Å². The zero-order valence-corrected chi connectivity index (χ0v) is 43.0. The second-order valence-electron chi connectivity index (χ2n) is 24.9. The van der Waals surface area contributed by atoms with E-state index in [2.05, 4.69) is 38.7 Å². The summed E-state index contributed by atoms with van der Waals surface area (Å²) in [6.45, 7) is 7.60. The summed E-state index contributed by atoms with van der Waals surface area (Å²) in [5.74, 6) is 1.81. The molecule has 7 aliphatic carbocycles. The number of aliphatic hydroxyl groups excluding tert-OH is 5. The Morgan fingerprint density at radius 1 is 0.944 bits per heavy atom. The fourth-order valence-electron chi connectivity index (χ4n) is 19.3. The van der Waals surface area contributed by atoms with Crippen LogP contribution in [0.5, 0.6) is 5.75 Å². The molecule has 71 heavy (non-hydrogen) atoms. The van der Waals surface area contributed by atoms with Crippen molar-refractivity contribution < 1.29 is 60.3 Å². The van der Waals surface area contributed by atoms with Gasteiger partial charge >= 0.3 is 0 Å². The monoisotopic (exact) mass is 1020 g/mol. The van der Waals surface area contributed by atoms with E-state index in [-0.39, 0.29) is 56.0 Å². The third-order valence-corrected chi connectivity index (χ3v) is 25.9. The molecule has 1 amide bonds. The van der Waals surface area contributed by atoms with E-state index < -0.39 is 121 Å². The Morgan fingerprint density at radius 2 is 1.72 bits per heavy atom. The van der Waals surface area contributed by atoms with E-state index in [0.717, 1.165) is 16.4 Å². The number of ketones is 1. The molecule has 0 radical (unpaired) electrons. The number of aliphatic hydroxyl groups is 8. The zero-order valence-electron chi connectivity index (χ0n) is 41.4. The number of benzene rings is 1. The molecule has 6 aliphatic heterocycles. The van der Waals surface area contributed by atoms with Crippen LogP contribution in [0.1, 0.15) is 110 Å². The largest absolute Gasteiger partial charge is 0.508 e. The minimum atomic E-state index is -2.17. The normalized spacial score (nSPS) is 51.7. The van der Waals surface area contributed by atoms with E-state index in [1.807, 2.05) is 19.1 Å². The average Bonchev–Trinajstić information content (AvgIpc) is 3.92. The summed E-state index contributed by atoms with van der Waals surface area (Å²) in [6, 6.07) is 5.25. The van der Waals surface area contributed by atoms with Crippen LogP contribution in [0.2, 0.25) is 0 Å². The molecule has 1 aromatic carbocycles. The molecule has 9 bridgehead atoms. The Bertz CT molecular complexity index is 2550. The van der Waals surface area contributed by atoms with E-state index in [9.17, 15) is 46.0 Å². The Balaban J connectivity index is 1.13. The minimum Gasteiger partial charge on any atom is -0.508 e. The van der Waals surface area contributed by atoms with Crippen molar-refractivity contribution >= 4 is 39.0 Å². The maximum atomic E-state index is 16.3. The van der Waals surface area contributed by atoms with Crippen molar-refractivity contribution in [3.8, 4) is 17.6 Å². The van der Waals surface area contributed by atoms with Crippen molar-refractivity contribution in [1.82, 2.24) is 0 Å². The van der Waals surface area contributed by atoms with Gasteiger partial charge in [-0.25, -0.2) is 0 Å². The molecule has 21 atom stereocenters. The maximum Gasteiger partial charge on any atom is 0.233 e. The van der Waals surface area contributed by atoms with E-state index in [4.69, 9.17) is 4.74 Å². The van der Waals surface area contributed by atoms with Gasteiger partial charge in [0.15, 0.2) is 5.78 Å². The molecule has 6 heterocycles. The van der Waals surface area contributed by atoms with Crippen LogP contribution in [0.3, 0.4) is 0 Å². The van der Waals surface area contributed by atoms with Crippen molar-refractivity contribution in [2.45, 2.75) is 163 Å². The average molecular weight is 1020 g/mol. The predicted octanol–water partition coefficient (Wildman–Crippen LogP) is 4.82. The highest BCUT2D eigenvalue weighted by atomic mass is 33.1. The quantitative estimate of drug-likeness (QED) is 0.0835. The molecule has 4 spiro atoms. The summed E-state index contributed by atoms with van der Waals surface area (Å²) >= 11 is 0. The molecule has 0 aromatic heterocycles. The predicted molar refractivity (Wildman–Crippen MR) is 267 cm³/mol. The van der Waals surface area contributed by atoms with Crippen molar-refractivity contribution in [3.05, 3.63) is 47.6 Å². The lowest BCUT2D eigenvalue weighted by molar-refractivity contribution is -0.283. The van der Waals surface area contributed by atoms with Gasteiger partial charge in [0.2, 0.25) is 5.91 Å². The Hall–Kier alpha value is -2.46. The van der Waals surface area contributed by atoms with Crippen LogP contribution >= 0.6 is 21.6 Å². The first kappa shape index (κ1) is 49.4. The van der Waals surface area contributed by atoms with Gasteiger partial charge in [-0.3, -0.25) is 9.59 Å². The Labute approximate surface area is 424 Å². The lowest BCUT2D eigenvalue weighted by Gasteiger charge is -2.73. The minimum absolute atomic E-state index is 0.0259. The smallest absolute Gasteiger partial charge is 0.233 e. The van der Waals surface area contributed by atoms with Crippen molar-refractivity contribution in [3.63, 3.8) is 0 Å². The number of allylic oxidation sites excluding steroid dienone is 2. The van der Waals surface area contributed by atoms with Crippen LogP contribution in [0.4, 0.5) is 5.69 Å². The molecular weight excluding hydrogens is 943 g/mol. The fraction of sp³-hybridized carbons (Fsp3) is 0.750. The number of anilines is 1. The van der Waals surface area contributed by atoms with Crippen molar-refractivity contribution in [1.29, 1.82) is 0 Å². The number of hydrogen-bond acceptors (Lipinski definition) is 14. The van der Waals surface area contributed by atoms with Crippen molar-refractivity contribution in [2.75, 3.05) is 24.7 Å². The van der Waals surface area contributed by atoms with Crippen LogP contribution in [0.15, 0.2) is 42.0 Å². The van der Waals surface area contributed by atoms with Gasteiger partial charge in [0.05, 0.1) is 41.2 Å². The molecule has 13 aliphatic rings. The summed E-state index contributed by atoms with van der Waals surface area (Å²) in [4.78, 5) is 33.6. The highest BCUT2D eigenvalue weighted by Gasteiger charge is 2.87. The molecule has 5 saturated carbocycles. The van der Waals surface area contributed by atoms with Crippen LogP contribution in [-0.4, -0.2) is 129 Å². The zero-order chi connectivity index (χ0) is 50.2. The Morgan fingerprint density at radius 3 is 2.46 bits per heavy atom. The highest BCUT2D eigenvalue weighted by molar-refractivity contribution is 8.77. The van der Waals surface area contributed by atoms with Crippen molar-refractivity contribution in [2.24, 2.45) is 74.4 Å². The number of carbonyl (C=O) groups excluding carboxylic acids is 2. The summed E-state index contributed by atoms with van der Waals surface area (Å²) in [5.41, 5.74) is -11.8. The third-order valence-electron chi connectivity index (χ3n) is 22.8. The maximum absolute atomic E-state index is 16.3. The van der Waals surface area contributed by atoms with Crippen LogP contribution in [-0.2, 0) is 20.7 Å². The number of carbonyl (C=O) groups is 2. The van der Waals surface area contributed by atoms with Gasteiger partial charge in [-0.05, 0) is 135 Å². The fourth-order valence-corrected chi connectivity index (χ4v) is 22.9. The summed E-state index contributed by atoms with van der Waals surface area (Å²) in [7, 11) is 2.26. The van der Waals surface area contributed by atoms with Gasteiger partial charge in [0.1, 0.15) is 34.6 Å². The number of amides is 1. The topological polar surface area (TPSA) is 232 Å². The lowest BCUT2D eigenvalue weighted by atomic mass is 9.31. The number of fused-ring (bicyclic) bond motifs is 1. The second kappa shape index (κ2) is 16.3. The number of aromatic hydroxyl groups is 1. The standard InChI is InChI=1S/C56H73NO12S2/c1-29(2)30(3)43-46(69-43)53(66)16-7-9-32-26-50-17-14-39-49(50,4)56-37(45(63)54(39,67)28-59)11-6-12-38(61)44(70-71-48(56)65)36-10-5-8-33(27-58)51(36)20-21-57(47(51)64)34-22-31(23-35(60)24-34)13-18-52(32)40(53)15-19-55(52,68)41(50)25-42(56)62/h7,9,22-25,29-30,32-33,36-40,43-46,48,58-61,63,65-68H,5,8,10,12-21,26-28H2,1-4H3/t30-,32-,33+,36-,37-,38-,39-,40+,43+,44-,45-,46-,48-,49-,50+,51-,52-,53-,54+,55-,56+/m1/s1. The van der Waals surface area contributed by atoms with Gasteiger partial charge in [-0.2, -0.15) is 0 Å². The molecule has 9 N–H and O–H groups in total. The first-order valence-corrected chi connectivity index (χ1v) is 29.0. The molecule has 13 nitrogen and oxygen atoms in total. The number of ether oxygens (including phenoxy) is 1. The molecular formula is C56H73NO12S2. The number of hydrogen-bond donors (Lipinski definition) is 9. The SMILES string of the molecule is CC(C)[C@@H](C)[C@@H]1O[C@H]1[C@@]1(O)CC=C[C@@H]2C[C@@]34CC[C@H]5[C@@](O)(CO)[C@H](O)[C@H]6C#CC[C@@H](O)[C@@H]7SS[C@@H](O)[C@]6(C(=O)C=C3[C@]3(O)CC[C@H]1[C@@]23CCc1cc(O)cc(c1)N1CC[C@@]2(C1=O)[C@H](CO)CCC[C@H]72)[C@]54C. The van der Waals surface area contributed by atoms with Gasteiger partial charge < -0.3 is 55.6 Å². The van der Waals surface area contributed by atoms with E-state index in [0.29, 0.717) is 81.5 Å². The number of aryl methyl sites for hydroxylation is 1. The molecule has 14 rings (SSSR count). The summed E-state index contributed by atoms with van der Waals surface area (Å²) in [6.07, 6.45) is 6.82. The van der Waals surface area contributed by atoms with Crippen LogP contribution in [0.25, 0.3) is 0 Å². The molecule has 0 unspecified atom stereocenters. The number of phenols is 1. The number of phenolic OH excluding ortho intramolecular Hbond substituents is 1. The van der Waals surface area contributed by atoms with Gasteiger partial charge in [0.25, 0.3) is 0 Å². The third kappa shape index (κ3) is 5.86. The van der Waals surface area contributed by atoms with E-state index in [1.165, 1.54) is 10.8 Å². The highest BCUT2D eigenvalue weighted by Crippen LogP contribution is 2.85. The summed E-state index contributed by atoms with van der Waals surface area (Å²) < 4.78 is 6.54. The van der Waals surface area contributed by atoms with E-state index >= 15 is 9.59 Å². The number of nitrogens with zero attached hydrogens (tertiary/aromatic N) is 1. The molecule has 386 valence electrons. The second-order valence-corrected chi connectivity index (χ2v) is 27.4.